The molecule has 0 saturated carbocycles. The second-order valence-corrected chi connectivity index (χ2v) is 8.08. The van der Waals surface area contributed by atoms with Crippen molar-refractivity contribution in [2.75, 3.05) is 10.5 Å². The van der Waals surface area contributed by atoms with Crippen molar-refractivity contribution in [1.82, 2.24) is 0 Å². The lowest BCUT2D eigenvalue weighted by molar-refractivity contribution is 0.463. The van der Waals surface area contributed by atoms with E-state index in [1.807, 2.05) is 39.8 Å². The highest BCUT2D eigenvalue weighted by atomic mass is 79.9. The molecule has 0 bridgehead atoms. The van der Waals surface area contributed by atoms with Crippen molar-refractivity contribution in [1.29, 1.82) is 0 Å². The molecule has 0 aliphatic heterocycles. The molecule has 0 unspecified atom stereocenters. The Balaban J connectivity index is 2.91. The Bertz CT molecular complexity index is 483. The third kappa shape index (κ3) is 5.55. The molecule has 1 rings (SSSR count). The van der Waals surface area contributed by atoms with Gasteiger partial charge in [0.2, 0.25) is 10.0 Å². The van der Waals surface area contributed by atoms with Gasteiger partial charge in [0, 0.05) is 10.2 Å². The van der Waals surface area contributed by atoms with E-state index in [1.165, 1.54) is 0 Å². The number of rotatable bonds is 3. The Labute approximate surface area is 112 Å². The first-order chi connectivity index (χ1) is 7.57. The molecule has 1 N–H and O–H groups in total. The molecule has 1 aromatic carbocycles. The van der Waals surface area contributed by atoms with Crippen LogP contribution in [0.2, 0.25) is 0 Å². The van der Waals surface area contributed by atoms with Crippen molar-refractivity contribution in [2.45, 2.75) is 27.7 Å². The quantitative estimate of drug-likeness (QED) is 0.926. The van der Waals surface area contributed by atoms with E-state index in [9.17, 15) is 8.42 Å². The largest absolute Gasteiger partial charge is 0.283 e. The van der Waals surface area contributed by atoms with Crippen LogP contribution >= 0.6 is 15.9 Å². The van der Waals surface area contributed by atoms with Crippen LogP contribution in [0.1, 0.15) is 26.3 Å². The van der Waals surface area contributed by atoms with E-state index in [0.29, 0.717) is 5.69 Å². The van der Waals surface area contributed by atoms with Gasteiger partial charge in [-0.25, -0.2) is 8.42 Å². The Kier molecular flexibility index (Phi) is 4.25. The third-order valence-corrected chi connectivity index (χ3v) is 4.19. The monoisotopic (exact) mass is 319 g/mol. The van der Waals surface area contributed by atoms with Gasteiger partial charge >= 0.3 is 0 Å². The molecule has 0 aliphatic rings. The van der Waals surface area contributed by atoms with Gasteiger partial charge in [0.05, 0.1) is 5.75 Å². The summed E-state index contributed by atoms with van der Waals surface area (Å²) >= 11 is 3.35. The summed E-state index contributed by atoms with van der Waals surface area (Å²) in [6.45, 7) is 7.63. The highest BCUT2D eigenvalue weighted by Gasteiger charge is 2.21. The second kappa shape index (κ2) is 4.98. The summed E-state index contributed by atoms with van der Waals surface area (Å²) in [5.74, 6) is 0.103. The van der Waals surface area contributed by atoms with Crippen LogP contribution < -0.4 is 4.72 Å². The Morgan fingerprint density at radius 2 is 1.82 bits per heavy atom. The van der Waals surface area contributed by atoms with E-state index >= 15 is 0 Å². The fourth-order valence-corrected chi connectivity index (χ4v) is 3.88. The first kappa shape index (κ1) is 14.5. The van der Waals surface area contributed by atoms with E-state index in [1.54, 1.807) is 6.07 Å². The van der Waals surface area contributed by atoms with Gasteiger partial charge < -0.3 is 0 Å². The fourth-order valence-electron chi connectivity index (χ4n) is 1.58. The molecule has 17 heavy (non-hydrogen) atoms. The van der Waals surface area contributed by atoms with Gasteiger partial charge in [-0.1, -0.05) is 36.7 Å². The topological polar surface area (TPSA) is 46.2 Å². The van der Waals surface area contributed by atoms with Crippen molar-refractivity contribution in [3.8, 4) is 0 Å². The van der Waals surface area contributed by atoms with Crippen LogP contribution in [0.4, 0.5) is 5.69 Å². The summed E-state index contributed by atoms with van der Waals surface area (Å²) in [5, 5.41) is 0. The van der Waals surface area contributed by atoms with E-state index in [-0.39, 0.29) is 11.2 Å². The number of hydrogen-bond donors (Lipinski definition) is 1. The molecule has 0 heterocycles. The molecule has 0 saturated heterocycles. The predicted molar refractivity (Wildman–Crippen MR) is 75.7 cm³/mol. The number of hydrogen-bond acceptors (Lipinski definition) is 2. The molecule has 0 amide bonds. The zero-order valence-electron chi connectivity index (χ0n) is 10.5. The van der Waals surface area contributed by atoms with E-state index in [2.05, 4.69) is 20.7 Å². The molecule has 0 aliphatic carbocycles. The van der Waals surface area contributed by atoms with E-state index in [0.717, 1.165) is 10.0 Å². The molecule has 0 radical (unpaired) electrons. The molecule has 96 valence electrons. The van der Waals surface area contributed by atoms with Gasteiger partial charge in [-0.05, 0) is 36.1 Å². The molecule has 0 spiro atoms. The minimum absolute atomic E-state index is 0.103. The van der Waals surface area contributed by atoms with Gasteiger partial charge in [0.25, 0.3) is 0 Å². The zero-order chi connectivity index (χ0) is 13.3. The predicted octanol–water partition coefficient (Wildman–Crippen LogP) is 3.55. The van der Waals surface area contributed by atoms with E-state index in [4.69, 9.17) is 0 Å². The highest BCUT2D eigenvalue weighted by Crippen LogP contribution is 2.22. The summed E-state index contributed by atoms with van der Waals surface area (Å²) in [6, 6.07) is 5.50. The number of aryl methyl sites for hydroxylation is 1. The van der Waals surface area contributed by atoms with Gasteiger partial charge in [0.15, 0.2) is 0 Å². The maximum Gasteiger partial charge on any atom is 0.233 e. The van der Waals surface area contributed by atoms with Gasteiger partial charge in [-0.15, -0.1) is 0 Å². The summed E-state index contributed by atoms with van der Waals surface area (Å²) in [4.78, 5) is 0. The standard InChI is InChI=1S/C12H18BrNO2S/c1-9-5-10(13)7-11(6-9)14-17(15,16)8-12(2,3)4/h5-7,14H,8H2,1-4H3. The summed E-state index contributed by atoms with van der Waals surface area (Å²) in [6.07, 6.45) is 0. The summed E-state index contributed by atoms with van der Waals surface area (Å²) in [5.41, 5.74) is 1.35. The zero-order valence-corrected chi connectivity index (χ0v) is 12.9. The summed E-state index contributed by atoms with van der Waals surface area (Å²) in [7, 11) is -3.30. The third-order valence-electron chi connectivity index (χ3n) is 1.94. The number of sulfonamides is 1. The number of anilines is 1. The second-order valence-electron chi connectivity index (χ2n) is 5.44. The van der Waals surface area contributed by atoms with Gasteiger partial charge in [-0.2, -0.15) is 0 Å². The van der Waals surface area contributed by atoms with Crippen molar-refractivity contribution in [3.05, 3.63) is 28.2 Å². The molecule has 0 fully saturated rings. The van der Waals surface area contributed by atoms with Crippen LogP contribution in [0.15, 0.2) is 22.7 Å². The lowest BCUT2D eigenvalue weighted by Crippen LogP contribution is -2.26. The number of benzene rings is 1. The van der Waals surface area contributed by atoms with Crippen LogP contribution in [0.3, 0.4) is 0 Å². The first-order valence-corrected chi connectivity index (χ1v) is 7.80. The lowest BCUT2D eigenvalue weighted by Gasteiger charge is -2.19. The van der Waals surface area contributed by atoms with Crippen molar-refractivity contribution >= 4 is 31.6 Å². The smallest absolute Gasteiger partial charge is 0.233 e. The maximum absolute atomic E-state index is 11.9. The first-order valence-electron chi connectivity index (χ1n) is 5.35. The molecule has 3 nitrogen and oxygen atoms in total. The molecular formula is C12H18BrNO2S. The Morgan fingerprint density at radius 1 is 1.24 bits per heavy atom. The van der Waals surface area contributed by atoms with Crippen LogP contribution in [0.25, 0.3) is 0 Å². The SMILES string of the molecule is Cc1cc(Br)cc(NS(=O)(=O)CC(C)(C)C)c1. The Hall–Kier alpha value is -0.550. The van der Waals surface area contributed by atoms with Crippen LogP contribution in [0, 0.1) is 12.3 Å². The van der Waals surface area contributed by atoms with Crippen molar-refractivity contribution in [2.24, 2.45) is 5.41 Å². The van der Waals surface area contributed by atoms with Crippen LogP contribution in [0.5, 0.6) is 0 Å². The van der Waals surface area contributed by atoms with Crippen LogP contribution in [-0.4, -0.2) is 14.2 Å². The van der Waals surface area contributed by atoms with Crippen LogP contribution in [-0.2, 0) is 10.0 Å². The van der Waals surface area contributed by atoms with E-state index < -0.39 is 10.0 Å². The Morgan fingerprint density at radius 3 is 2.29 bits per heavy atom. The maximum atomic E-state index is 11.9. The molecule has 1 aromatic rings. The normalized spacial score (nSPS) is 12.5. The van der Waals surface area contributed by atoms with Gasteiger partial charge in [-0.3, -0.25) is 4.72 Å². The molecule has 0 atom stereocenters. The average molecular weight is 320 g/mol. The lowest BCUT2D eigenvalue weighted by atomic mass is 10.0. The fraction of sp³-hybridized carbons (Fsp3) is 0.500. The van der Waals surface area contributed by atoms with Crippen molar-refractivity contribution in [3.63, 3.8) is 0 Å². The number of nitrogens with one attached hydrogen (secondary N) is 1. The minimum atomic E-state index is -3.30. The molecular weight excluding hydrogens is 302 g/mol. The molecule has 5 heteroatoms. The highest BCUT2D eigenvalue weighted by molar-refractivity contribution is 9.10. The van der Waals surface area contributed by atoms with Gasteiger partial charge in [0.1, 0.15) is 0 Å². The minimum Gasteiger partial charge on any atom is -0.283 e. The van der Waals surface area contributed by atoms with Crippen molar-refractivity contribution < 1.29 is 8.42 Å². The summed E-state index contributed by atoms with van der Waals surface area (Å²) < 4.78 is 27.3. The molecule has 0 aromatic heterocycles. The number of halogens is 1. The average Bonchev–Trinajstić information content (AvgIpc) is 1.93.